The van der Waals surface area contributed by atoms with Gasteiger partial charge in [-0.3, -0.25) is 14.4 Å². The Balaban J connectivity index is 1.43. The van der Waals surface area contributed by atoms with Crippen LogP contribution in [-0.4, -0.2) is 16.8 Å². The summed E-state index contributed by atoms with van der Waals surface area (Å²) in [6.07, 6.45) is 5.40. The highest BCUT2D eigenvalue weighted by Gasteiger charge is 2.40. The Hall–Kier alpha value is -3.74. The highest BCUT2D eigenvalue weighted by molar-refractivity contribution is 5.96. The summed E-state index contributed by atoms with van der Waals surface area (Å²) in [5, 5.41) is 5.91. The van der Waals surface area contributed by atoms with Crippen LogP contribution < -0.4 is 16.2 Å². The van der Waals surface area contributed by atoms with E-state index in [-0.39, 0.29) is 35.5 Å². The Kier molecular flexibility index (Phi) is 6.24. The molecule has 0 radical (unpaired) electrons. The number of rotatable bonds is 4. The summed E-state index contributed by atoms with van der Waals surface area (Å²) < 4.78 is 15.6. The zero-order valence-corrected chi connectivity index (χ0v) is 20.6. The van der Waals surface area contributed by atoms with E-state index >= 15 is 4.39 Å². The number of aromatic amines is 1. The third-order valence-electron chi connectivity index (χ3n) is 7.53. The smallest absolute Gasteiger partial charge is 0.254 e. The first kappa shape index (κ1) is 24.0. The molecule has 1 aromatic heterocycles. The van der Waals surface area contributed by atoms with Crippen LogP contribution in [0.4, 0.5) is 4.39 Å². The minimum Gasteiger partial charge on any atom is -0.348 e. The van der Waals surface area contributed by atoms with Crippen LogP contribution in [0.2, 0.25) is 0 Å². The molecule has 2 amide bonds. The summed E-state index contributed by atoms with van der Waals surface area (Å²) in [6.45, 7) is 3.60. The highest BCUT2D eigenvalue weighted by atomic mass is 19.1. The summed E-state index contributed by atoms with van der Waals surface area (Å²) in [7, 11) is 0. The lowest BCUT2D eigenvalue weighted by atomic mass is 9.72. The first-order valence-electron chi connectivity index (χ1n) is 12.5. The molecule has 2 heterocycles. The second-order valence-corrected chi connectivity index (χ2v) is 10.0. The number of aromatic nitrogens is 1. The standard InChI is InChI=1S/C29H30FN3O3/c1-17-13-18(2)32-28(36)23(17)16-31-27(35)22-8-6-7-21(26(22)30)19-9-10-24-20(14-19)15-25(34)33-29(24)11-4-3-5-12-29/h6-10,13-14H,3-5,11-12,15-16H2,1-2H3,(H,31,35)(H,32,36)(H,33,34). The number of aryl methyl sites for hydroxylation is 2. The third kappa shape index (κ3) is 4.34. The van der Waals surface area contributed by atoms with Crippen molar-refractivity contribution < 1.29 is 14.0 Å². The fourth-order valence-electron chi connectivity index (χ4n) is 5.77. The monoisotopic (exact) mass is 487 g/mol. The van der Waals surface area contributed by atoms with Crippen molar-refractivity contribution in [3.05, 3.63) is 92.1 Å². The molecular formula is C29H30FN3O3. The third-order valence-corrected chi connectivity index (χ3v) is 7.53. The van der Waals surface area contributed by atoms with E-state index in [1.54, 1.807) is 26.0 Å². The topological polar surface area (TPSA) is 91.1 Å². The lowest BCUT2D eigenvalue weighted by Crippen LogP contribution is -2.51. The van der Waals surface area contributed by atoms with Gasteiger partial charge in [-0.05, 0) is 61.1 Å². The van der Waals surface area contributed by atoms with E-state index in [0.717, 1.165) is 48.1 Å². The molecular weight excluding hydrogens is 457 g/mol. The molecule has 6 nitrogen and oxygen atoms in total. The van der Waals surface area contributed by atoms with Crippen molar-refractivity contribution in [1.29, 1.82) is 0 Å². The Morgan fingerprint density at radius 3 is 2.58 bits per heavy atom. The van der Waals surface area contributed by atoms with Gasteiger partial charge in [-0.1, -0.05) is 49.6 Å². The van der Waals surface area contributed by atoms with Gasteiger partial charge < -0.3 is 15.6 Å². The molecule has 3 aromatic rings. The number of hydrogen-bond acceptors (Lipinski definition) is 3. The lowest BCUT2D eigenvalue weighted by Gasteiger charge is -2.42. The predicted octanol–water partition coefficient (Wildman–Crippen LogP) is 4.56. The number of hydrogen-bond donors (Lipinski definition) is 3. The van der Waals surface area contributed by atoms with Gasteiger partial charge in [0, 0.05) is 23.4 Å². The average Bonchev–Trinajstić information content (AvgIpc) is 2.83. The van der Waals surface area contributed by atoms with Crippen molar-refractivity contribution in [3.63, 3.8) is 0 Å². The van der Waals surface area contributed by atoms with Gasteiger partial charge >= 0.3 is 0 Å². The van der Waals surface area contributed by atoms with Crippen LogP contribution in [0.5, 0.6) is 0 Å². The molecule has 0 saturated heterocycles. The fourth-order valence-corrected chi connectivity index (χ4v) is 5.77. The van der Waals surface area contributed by atoms with Crippen LogP contribution in [0.25, 0.3) is 11.1 Å². The second-order valence-electron chi connectivity index (χ2n) is 10.0. The Morgan fingerprint density at radius 1 is 1.06 bits per heavy atom. The molecule has 1 aliphatic carbocycles. The van der Waals surface area contributed by atoms with E-state index in [0.29, 0.717) is 16.7 Å². The molecule has 2 aromatic carbocycles. The van der Waals surface area contributed by atoms with E-state index < -0.39 is 11.7 Å². The summed E-state index contributed by atoms with van der Waals surface area (Å²) >= 11 is 0. The number of amides is 2. The van der Waals surface area contributed by atoms with Crippen LogP contribution in [0.1, 0.15) is 70.4 Å². The van der Waals surface area contributed by atoms with Gasteiger partial charge in [0.1, 0.15) is 5.82 Å². The molecule has 0 bridgehead atoms. The summed E-state index contributed by atoms with van der Waals surface area (Å²) in [6, 6.07) is 12.3. The number of nitrogens with one attached hydrogen (secondary N) is 3. The molecule has 1 spiro atoms. The molecule has 1 fully saturated rings. The number of carbonyl (C=O) groups excluding carboxylic acids is 2. The van der Waals surface area contributed by atoms with Crippen LogP contribution in [0.3, 0.4) is 0 Å². The number of carbonyl (C=O) groups is 2. The van der Waals surface area contributed by atoms with Gasteiger partial charge in [0.15, 0.2) is 0 Å². The number of pyridine rings is 1. The molecule has 5 rings (SSSR count). The highest BCUT2D eigenvalue weighted by Crippen LogP contribution is 2.42. The van der Waals surface area contributed by atoms with Gasteiger partial charge in [0.25, 0.3) is 11.5 Å². The van der Waals surface area contributed by atoms with E-state index in [4.69, 9.17) is 0 Å². The minimum atomic E-state index is -0.628. The van der Waals surface area contributed by atoms with Crippen molar-refractivity contribution >= 4 is 11.8 Å². The minimum absolute atomic E-state index is 0.0000129. The van der Waals surface area contributed by atoms with Crippen LogP contribution in [-0.2, 0) is 23.3 Å². The van der Waals surface area contributed by atoms with Crippen LogP contribution in [0, 0.1) is 19.7 Å². The molecule has 7 heteroatoms. The molecule has 186 valence electrons. The van der Waals surface area contributed by atoms with E-state index in [2.05, 4.69) is 15.6 Å². The van der Waals surface area contributed by atoms with E-state index in [1.165, 1.54) is 12.5 Å². The van der Waals surface area contributed by atoms with Gasteiger partial charge in [0.05, 0.1) is 17.5 Å². The lowest BCUT2D eigenvalue weighted by molar-refractivity contribution is -0.123. The molecule has 36 heavy (non-hydrogen) atoms. The van der Waals surface area contributed by atoms with Crippen molar-refractivity contribution in [2.75, 3.05) is 0 Å². The SMILES string of the molecule is Cc1cc(C)c(CNC(=O)c2cccc(-c3ccc4c(c3)CC(=O)NC43CCCCC3)c2F)c(=O)[nH]1. The van der Waals surface area contributed by atoms with Crippen LogP contribution >= 0.6 is 0 Å². The van der Waals surface area contributed by atoms with E-state index in [9.17, 15) is 14.4 Å². The van der Waals surface area contributed by atoms with Crippen molar-refractivity contribution in [2.45, 2.75) is 64.5 Å². The van der Waals surface area contributed by atoms with Gasteiger partial charge in [-0.15, -0.1) is 0 Å². The average molecular weight is 488 g/mol. The molecule has 3 N–H and O–H groups in total. The molecule has 2 aliphatic rings. The first-order valence-corrected chi connectivity index (χ1v) is 12.5. The number of halogens is 1. The zero-order chi connectivity index (χ0) is 25.4. The molecule has 0 unspecified atom stereocenters. The molecule has 1 aliphatic heterocycles. The van der Waals surface area contributed by atoms with Gasteiger partial charge in [-0.2, -0.15) is 0 Å². The fraction of sp³-hybridized carbons (Fsp3) is 0.345. The molecule has 0 atom stereocenters. The van der Waals surface area contributed by atoms with Gasteiger partial charge in [-0.25, -0.2) is 4.39 Å². The number of fused-ring (bicyclic) bond motifs is 2. The van der Waals surface area contributed by atoms with Crippen LogP contribution in [0.15, 0.2) is 47.3 Å². The van der Waals surface area contributed by atoms with Crippen molar-refractivity contribution in [1.82, 2.24) is 15.6 Å². The number of H-pyrrole nitrogens is 1. The maximum Gasteiger partial charge on any atom is 0.254 e. The Labute approximate surface area is 209 Å². The Morgan fingerprint density at radius 2 is 1.83 bits per heavy atom. The maximum atomic E-state index is 15.6. The maximum absolute atomic E-state index is 15.6. The predicted molar refractivity (Wildman–Crippen MR) is 136 cm³/mol. The zero-order valence-electron chi connectivity index (χ0n) is 20.6. The van der Waals surface area contributed by atoms with E-state index in [1.807, 2.05) is 24.3 Å². The van der Waals surface area contributed by atoms with Gasteiger partial charge in [0.2, 0.25) is 5.91 Å². The van der Waals surface area contributed by atoms with Crippen molar-refractivity contribution in [3.8, 4) is 11.1 Å². The second kappa shape index (κ2) is 9.37. The first-order chi connectivity index (χ1) is 17.3. The summed E-state index contributed by atoms with van der Waals surface area (Å²) in [5.74, 6) is -1.22. The summed E-state index contributed by atoms with van der Waals surface area (Å²) in [4.78, 5) is 40.4. The quantitative estimate of drug-likeness (QED) is 0.504. The molecule has 1 saturated carbocycles. The normalized spacial score (nSPS) is 16.4. The summed E-state index contributed by atoms with van der Waals surface area (Å²) in [5.41, 5.74) is 4.24. The number of benzene rings is 2. The Bertz CT molecular complexity index is 1420. The largest absolute Gasteiger partial charge is 0.348 e. The van der Waals surface area contributed by atoms with Crippen molar-refractivity contribution in [2.24, 2.45) is 0 Å².